The molecule has 0 aromatic carbocycles. The van der Waals surface area contributed by atoms with E-state index in [2.05, 4.69) is 11.8 Å². The molecular formula is C18H31NO. The molecule has 0 radical (unpaired) electrons. The van der Waals surface area contributed by atoms with Gasteiger partial charge in [0.1, 0.15) is 5.78 Å². The van der Waals surface area contributed by atoms with Crippen molar-refractivity contribution in [2.24, 2.45) is 11.8 Å². The van der Waals surface area contributed by atoms with Crippen LogP contribution < -0.4 is 0 Å². The molecule has 0 aromatic heterocycles. The van der Waals surface area contributed by atoms with Crippen molar-refractivity contribution < 1.29 is 4.79 Å². The summed E-state index contributed by atoms with van der Waals surface area (Å²) in [5, 5.41) is 0. The summed E-state index contributed by atoms with van der Waals surface area (Å²) in [6.07, 6.45) is 14.1. The average molecular weight is 277 g/mol. The van der Waals surface area contributed by atoms with Gasteiger partial charge in [-0.25, -0.2) is 0 Å². The van der Waals surface area contributed by atoms with Crippen LogP contribution in [0.15, 0.2) is 0 Å². The number of rotatable bonds is 3. The van der Waals surface area contributed by atoms with E-state index in [-0.39, 0.29) is 0 Å². The van der Waals surface area contributed by atoms with Gasteiger partial charge < -0.3 is 0 Å². The minimum absolute atomic E-state index is 0.384. The summed E-state index contributed by atoms with van der Waals surface area (Å²) < 4.78 is 0. The highest BCUT2D eigenvalue weighted by Crippen LogP contribution is 2.39. The first-order valence-electron chi connectivity index (χ1n) is 9.09. The van der Waals surface area contributed by atoms with Crippen molar-refractivity contribution in [3.05, 3.63) is 0 Å². The summed E-state index contributed by atoms with van der Waals surface area (Å²) in [6.45, 7) is 3.62. The number of ketones is 1. The van der Waals surface area contributed by atoms with Gasteiger partial charge in [-0.2, -0.15) is 0 Å². The fourth-order valence-corrected chi connectivity index (χ4v) is 5.17. The standard InChI is InChI=1S/C18H31NO/c1-2-14-8-3-4-10-16(14)19-13-6-5-11-17(19)15-9-7-12-18(15)20/h14-17H,2-13H2,1H3. The summed E-state index contributed by atoms with van der Waals surface area (Å²) in [5.41, 5.74) is 0. The second-order valence-electron chi connectivity index (χ2n) is 7.29. The second-order valence-corrected chi connectivity index (χ2v) is 7.29. The number of hydrogen-bond acceptors (Lipinski definition) is 2. The molecule has 20 heavy (non-hydrogen) atoms. The molecule has 3 rings (SSSR count). The minimum atomic E-state index is 0.384. The van der Waals surface area contributed by atoms with Crippen LogP contribution >= 0.6 is 0 Å². The Hall–Kier alpha value is -0.370. The smallest absolute Gasteiger partial charge is 0.137 e. The number of nitrogens with zero attached hydrogens (tertiary/aromatic N) is 1. The van der Waals surface area contributed by atoms with Crippen LogP contribution in [0.5, 0.6) is 0 Å². The lowest BCUT2D eigenvalue weighted by atomic mass is 9.78. The monoisotopic (exact) mass is 277 g/mol. The Morgan fingerprint density at radius 3 is 2.45 bits per heavy atom. The first-order chi connectivity index (χ1) is 9.81. The van der Waals surface area contributed by atoms with Gasteiger partial charge in [-0.3, -0.25) is 9.69 Å². The molecule has 4 unspecified atom stereocenters. The maximum Gasteiger partial charge on any atom is 0.137 e. The Morgan fingerprint density at radius 2 is 1.70 bits per heavy atom. The van der Waals surface area contributed by atoms with E-state index in [1.807, 2.05) is 0 Å². The third kappa shape index (κ3) is 2.81. The third-order valence-electron chi connectivity index (χ3n) is 6.23. The molecule has 0 aromatic rings. The first-order valence-corrected chi connectivity index (χ1v) is 9.09. The van der Waals surface area contributed by atoms with Crippen molar-refractivity contribution in [3.8, 4) is 0 Å². The molecule has 4 atom stereocenters. The predicted octanol–water partition coefficient (Wildman–Crippen LogP) is 4.18. The highest BCUT2D eigenvalue weighted by Gasteiger charge is 2.41. The van der Waals surface area contributed by atoms with Crippen molar-refractivity contribution in [2.45, 2.75) is 89.6 Å². The quantitative estimate of drug-likeness (QED) is 0.771. The highest BCUT2D eigenvalue weighted by molar-refractivity contribution is 5.83. The molecule has 2 aliphatic carbocycles. The van der Waals surface area contributed by atoms with E-state index in [1.54, 1.807) is 0 Å². The zero-order chi connectivity index (χ0) is 13.9. The maximum absolute atomic E-state index is 12.2. The number of Topliss-reactive ketones (excluding diaryl/α,β-unsaturated/α-hetero) is 1. The van der Waals surface area contributed by atoms with Gasteiger partial charge in [0.15, 0.2) is 0 Å². The lowest BCUT2D eigenvalue weighted by Gasteiger charge is -2.48. The highest BCUT2D eigenvalue weighted by atomic mass is 16.1. The summed E-state index contributed by atoms with van der Waals surface area (Å²) in [6, 6.07) is 1.38. The van der Waals surface area contributed by atoms with Crippen LogP contribution in [0.2, 0.25) is 0 Å². The van der Waals surface area contributed by atoms with Crippen molar-refractivity contribution in [1.29, 1.82) is 0 Å². The van der Waals surface area contributed by atoms with E-state index in [0.29, 0.717) is 17.7 Å². The second kappa shape index (κ2) is 6.60. The molecule has 0 N–H and O–H groups in total. The van der Waals surface area contributed by atoms with Crippen molar-refractivity contribution >= 4 is 5.78 Å². The summed E-state index contributed by atoms with van der Waals surface area (Å²) >= 11 is 0. The lowest BCUT2D eigenvalue weighted by Crippen LogP contribution is -2.53. The normalized spacial score (nSPS) is 40.1. The van der Waals surface area contributed by atoms with Gasteiger partial charge in [0.25, 0.3) is 0 Å². The molecule has 2 saturated carbocycles. The zero-order valence-electron chi connectivity index (χ0n) is 13.2. The Bertz CT molecular complexity index is 340. The first kappa shape index (κ1) is 14.6. The van der Waals surface area contributed by atoms with Crippen LogP contribution in [0.4, 0.5) is 0 Å². The van der Waals surface area contributed by atoms with Crippen LogP contribution in [0.3, 0.4) is 0 Å². The van der Waals surface area contributed by atoms with E-state index >= 15 is 0 Å². The van der Waals surface area contributed by atoms with Gasteiger partial charge in [-0.05, 0) is 51.0 Å². The third-order valence-corrected chi connectivity index (χ3v) is 6.23. The maximum atomic E-state index is 12.2. The molecule has 1 heterocycles. The van der Waals surface area contributed by atoms with Crippen molar-refractivity contribution in [1.82, 2.24) is 4.90 Å². The summed E-state index contributed by atoms with van der Waals surface area (Å²) in [7, 11) is 0. The van der Waals surface area contributed by atoms with Crippen molar-refractivity contribution in [2.75, 3.05) is 6.54 Å². The molecule has 0 bridgehead atoms. The fourth-order valence-electron chi connectivity index (χ4n) is 5.17. The Kier molecular flexibility index (Phi) is 4.80. The fraction of sp³-hybridized carbons (Fsp3) is 0.944. The van der Waals surface area contributed by atoms with Gasteiger partial charge in [-0.15, -0.1) is 0 Å². The van der Waals surface area contributed by atoms with Gasteiger partial charge >= 0.3 is 0 Å². The van der Waals surface area contributed by atoms with Crippen LogP contribution in [-0.2, 0) is 4.79 Å². The summed E-state index contributed by atoms with van der Waals surface area (Å²) in [5.74, 6) is 1.85. The van der Waals surface area contributed by atoms with Gasteiger partial charge in [0.05, 0.1) is 0 Å². The van der Waals surface area contributed by atoms with Crippen LogP contribution in [0, 0.1) is 11.8 Å². The van der Waals surface area contributed by atoms with E-state index in [9.17, 15) is 4.79 Å². The number of carbonyl (C=O) groups excluding carboxylic acids is 1. The SMILES string of the molecule is CCC1CCCCC1N1CCCCC1C1CCCC1=O. The number of hydrogen-bond donors (Lipinski definition) is 0. The minimum Gasteiger partial charge on any atom is -0.299 e. The number of piperidine rings is 1. The molecular weight excluding hydrogens is 246 g/mol. The largest absolute Gasteiger partial charge is 0.299 e. The zero-order valence-corrected chi connectivity index (χ0v) is 13.2. The Labute approximate surface area is 124 Å². The van der Waals surface area contributed by atoms with Gasteiger partial charge in [-0.1, -0.05) is 32.6 Å². The van der Waals surface area contributed by atoms with Gasteiger partial charge in [0, 0.05) is 24.4 Å². The topological polar surface area (TPSA) is 20.3 Å². The molecule has 3 aliphatic rings. The van der Waals surface area contributed by atoms with E-state index < -0.39 is 0 Å². The van der Waals surface area contributed by atoms with Crippen molar-refractivity contribution in [3.63, 3.8) is 0 Å². The molecule has 2 nitrogen and oxygen atoms in total. The molecule has 0 amide bonds. The summed E-state index contributed by atoms with van der Waals surface area (Å²) in [4.78, 5) is 15.0. The molecule has 1 saturated heterocycles. The number of likely N-dealkylation sites (tertiary alicyclic amines) is 1. The molecule has 0 spiro atoms. The van der Waals surface area contributed by atoms with E-state index in [1.165, 1.54) is 64.3 Å². The Morgan fingerprint density at radius 1 is 0.950 bits per heavy atom. The lowest BCUT2D eigenvalue weighted by molar-refractivity contribution is -0.124. The molecule has 114 valence electrons. The van der Waals surface area contributed by atoms with Crippen LogP contribution in [0.25, 0.3) is 0 Å². The van der Waals surface area contributed by atoms with Crippen LogP contribution in [-0.4, -0.2) is 29.3 Å². The average Bonchev–Trinajstić information content (AvgIpc) is 2.93. The molecule has 2 heteroatoms. The van der Waals surface area contributed by atoms with E-state index in [0.717, 1.165) is 24.8 Å². The molecule has 3 fully saturated rings. The van der Waals surface area contributed by atoms with E-state index in [4.69, 9.17) is 0 Å². The Balaban J connectivity index is 1.75. The number of carbonyl (C=O) groups is 1. The predicted molar refractivity (Wildman–Crippen MR) is 82.7 cm³/mol. The van der Waals surface area contributed by atoms with Gasteiger partial charge in [0.2, 0.25) is 0 Å². The molecule has 1 aliphatic heterocycles. The van der Waals surface area contributed by atoms with Crippen LogP contribution in [0.1, 0.15) is 77.6 Å².